The Morgan fingerprint density at radius 2 is 0.984 bits per heavy atom. The van der Waals surface area contributed by atoms with Gasteiger partial charge in [-0.3, -0.25) is 9.53 Å². The molecular formula is C53H111F3O5. The van der Waals surface area contributed by atoms with Crippen molar-refractivity contribution in [2.75, 3.05) is 7.11 Å². The zero-order valence-corrected chi connectivity index (χ0v) is 45.9. The van der Waals surface area contributed by atoms with Crippen LogP contribution in [0.15, 0.2) is 24.3 Å². The van der Waals surface area contributed by atoms with E-state index in [0.29, 0.717) is 30.1 Å². The van der Waals surface area contributed by atoms with E-state index in [1.807, 2.05) is 60.6 Å². The lowest BCUT2D eigenvalue weighted by molar-refractivity contribution is -0.344. The molecular weight excluding hydrogens is 774 g/mol. The number of aliphatic hydroxyl groups is 1. The summed E-state index contributed by atoms with van der Waals surface area (Å²) in [5, 5.41) is 8.63. The highest BCUT2D eigenvalue weighted by Gasteiger charge is 2.36. The number of epoxide rings is 1. The number of alkyl halides is 3. The Morgan fingerprint density at radius 3 is 1.00 bits per heavy atom. The minimum Gasteiger partial charge on any atom is -0.393 e. The van der Waals surface area contributed by atoms with Crippen LogP contribution in [0.3, 0.4) is 0 Å². The van der Waals surface area contributed by atoms with Crippen molar-refractivity contribution in [1.29, 1.82) is 0 Å². The lowest BCUT2D eigenvalue weighted by Crippen LogP contribution is -2.25. The van der Waals surface area contributed by atoms with Crippen molar-refractivity contribution < 1.29 is 37.3 Å². The fourth-order valence-electron chi connectivity index (χ4n) is 3.69. The Bertz CT molecular complexity index is 907. The zero-order chi connectivity index (χ0) is 50.4. The second-order valence-electron chi connectivity index (χ2n) is 19.5. The van der Waals surface area contributed by atoms with Crippen LogP contribution in [0.5, 0.6) is 0 Å². The van der Waals surface area contributed by atoms with Gasteiger partial charge in [0.05, 0.1) is 30.5 Å². The van der Waals surface area contributed by atoms with Gasteiger partial charge in [0.1, 0.15) is 5.78 Å². The van der Waals surface area contributed by atoms with Crippen molar-refractivity contribution in [3.8, 4) is 0 Å². The fourth-order valence-corrected chi connectivity index (χ4v) is 3.69. The van der Waals surface area contributed by atoms with Gasteiger partial charge in [-0.25, -0.2) is 0 Å². The minimum absolute atomic E-state index is 0.110. The van der Waals surface area contributed by atoms with Crippen molar-refractivity contribution in [2.24, 2.45) is 65.1 Å². The maximum Gasteiger partial charge on any atom is 0.522 e. The molecule has 0 radical (unpaired) electrons. The molecule has 9 atom stereocenters. The SMILES string of the molecule is C/C=C/C(C)C.C/C=C\C.CC(=O)C(C)C.CC(C)C(C)O.CC(C)C(C)OC(F)(F)F.CC(C)C1CC1C.CC(C)C1OC1C.CC1CC1C.CCC.COC(C)C(C)C. The van der Waals surface area contributed by atoms with E-state index >= 15 is 0 Å². The van der Waals surface area contributed by atoms with Crippen LogP contribution >= 0.6 is 0 Å². The molecule has 0 bridgehead atoms. The quantitative estimate of drug-likeness (QED) is 0.185. The number of hydrogen-bond acceptors (Lipinski definition) is 5. The van der Waals surface area contributed by atoms with Crippen LogP contribution in [0.4, 0.5) is 13.2 Å². The second-order valence-corrected chi connectivity index (χ2v) is 19.5. The standard InChI is InChI=1S/C7H14.C6H11F3O.C6H12O.C6H14O.C6H12.C5H12O.C5H10O.C5H10.C4H8.C3H8/c1-5(2)7-4-6(7)3;1-4(2)5(3)10-6(7,8)9;1-4(2)6-5(3)7-6;1-5(2)6(3)7-4;1-4-5-6(2)3;2*1-4(2)5(3)6;1-4-3-5(4)2;1-3-4-2;1-3-2/h5-7H,4H2,1-3H3;4-5H,1-3H3;4-6H,1-3H3;5-6H,1-4H3;2*4-6H,1-3H3;4H,1-3H3;4-5H,3H2,1-2H3;3-4H,1-2H3;3H2,1-2H3/b;;;;5-4+;;;;4-3-;. The molecule has 3 aliphatic rings. The first-order valence-corrected chi connectivity index (χ1v) is 23.9. The van der Waals surface area contributed by atoms with Crippen molar-refractivity contribution in [3.05, 3.63) is 24.3 Å². The van der Waals surface area contributed by atoms with Gasteiger partial charge < -0.3 is 14.6 Å². The summed E-state index contributed by atoms with van der Waals surface area (Å²) in [6, 6.07) is 0. The average Bonchev–Trinajstić information content (AvgIpc) is 4.09. The van der Waals surface area contributed by atoms with Crippen molar-refractivity contribution in [2.45, 2.75) is 243 Å². The third-order valence-electron chi connectivity index (χ3n) is 10.2. The van der Waals surface area contributed by atoms with Crippen LogP contribution in [0.1, 0.15) is 206 Å². The Hall–Kier alpha value is -1.22. The number of halogens is 3. The molecule has 1 heterocycles. The van der Waals surface area contributed by atoms with E-state index < -0.39 is 12.5 Å². The second kappa shape index (κ2) is 45.4. The van der Waals surface area contributed by atoms with Gasteiger partial charge in [0.15, 0.2) is 0 Å². The largest absolute Gasteiger partial charge is 0.522 e. The van der Waals surface area contributed by atoms with Crippen molar-refractivity contribution >= 4 is 5.78 Å². The molecule has 374 valence electrons. The van der Waals surface area contributed by atoms with Gasteiger partial charge in [0, 0.05) is 13.0 Å². The molecule has 1 N–H and O–H groups in total. The number of allylic oxidation sites excluding steroid dienone is 4. The third-order valence-corrected chi connectivity index (χ3v) is 10.2. The van der Waals surface area contributed by atoms with Crippen molar-refractivity contribution in [3.63, 3.8) is 0 Å². The lowest BCUT2D eigenvalue weighted by atomic mass is 10.1. The Kier molecular flexibility index (Phi) is 55.1. The van der Waals surface area contributed by atoms with Crippen molar-refractivity contribution in [1.82, 2.24) is 0 Å². The number of aliphatic hydroxyl groups excluding tert-OH is 1. The molecule has 0 amide bonds. The van der Waals surface area contributed by atoms with Gasteiger partial charge in [-0.2, -0.15) is 0 Å². The molecule has 0 aromatic carbocycles. The Morgan fingerprint density at radius 1 is 0.672 bits per heavy atom. The molecule has 0 aromatic heterocycles. The number of ketones is 1. The fraction of sp³-hybridized carbons (Fsp3) is 0.906. The molecule has 2 aliphatic carbocycles. The molecule has 8 heteroatoms. The molecule has 0 aromatic rings. The highest BCUT2D eigenvalue weighted by Crippen LogP contribution is 2.43. The molecule has 3 rings (SSSR count). The number of carbonyl (C=O) groups is 1. The summed E-state index contributed by atoms with van der Waals surface area (Å²) in [4.78, 5) is 10.1. The molecule has 5 nitrogen and oxygen atoms in total. The summed E-state index contributed by atoms with van der Waals surface area (Å²) in [6.45, 7) is 55.0. The van der Waals surface area contributed by atoms with Crippen LogP contribution in [0.25, 0.3) is 0 Å². The molecule has 61 heavy (non-hydrogen) atoms. The van der Waals surface area contributed by atoms with E-state index in [4.69, 9.17) is 14.6 Å². The maximum absolute atomic E-state index is 11.4. The topological polar surface area (TPSA) is 68.3 Å². The van der Waals surface area contributed by atoms with E-state index in [0.717, 1.165) is 41.4 Å². The van der Waals surface area contributed by atoms with E-state index in [-0.39, 0.29) is 23.7 Å². The molecule has 3 fully saturated rings. The van der Waals surface area contributed by atoms with E-state index in [2.05, 4.69) is 121 Å². The summed E-state index contributed by atoms with van der Waals surface area (Å²) in [7, 11) is 1.74. The lowest BCUT2D eigenvalue weighted by Gasteiger charge is -2.17. The predicted octanol–water partition coefficient (Wildman–Crippen LogP) is 17.1. The third kappa shape index (κ3) is 70.7. The predicted molar refractivity (Wildman–Crippen MR) is 265 cm³/mol. The van der Waals surface area contributed by atoms with E-state index in [1.165, 1.54) is 26.2 Å². The molecule has 2 saturated carbocycles. The van der Waals surface area contributed by atoms with E-state index in [9.17, 15) is 18.0 Å². The maximum atomic E-state index is 11.4. The van der Waals surface area contributed by atoms with Gasteiger partial charge in [0.25, 0.3) is 0 Å². The number of methoxy groups -OCH3 is 1. The smallest absolute Gasteiger partial charge is 0.393 e. The van der Waals surface area contributed by atoms with Gasteiger partial charge in [-0.1, -0.05) is 162 Å². The van der Waals surface area contributed by atoms with Gasteiger partial charge in [-0.05, 0) is 127 Å². The Balaban J connectivity index is -0.000000108. The van der Waals surface area contributed by atoms with E-state index in [1.54, 1.807) is 34.8 Å². The van der Waals surface area contributed by atoms with Gasteiger partial charge in [-0.15, -0.1) is 13.2 Å². The Labute approximate surface area is 381 Å². The highest BCUT2D eigenvalue weighted by molar-refractivity contribution is 5.77. The van der Waals surface area contributed by atoms with Crippen LogP contribution in [-0.2, 0) is 19.0 Å². The first-order valence-electron chi connectivity index (χ1n) is 23.9. The zero-order valence-electron chi connectivity index (χ0n) is 45.9. The molecule has 9 unspecified atom stereocenters. The summed E-state index contributed by atoms with van der Waals surface area (Å²) >= 11 is 0. The normalized spacial score (nSPS) is 21.9. The molecule has 1 aliphatic heterocycles. The van der Waals surface area contributed by atoms with Crippen LogP contribution in [-0.4, -0.2) is 54.9 Å². The van der Waals surface area contributed by atoms with Gasteiger partial charge >= 0.3 is 6.36 Å². The number of rotatable bonds is 9. The van der Waals surface area contributed by atoms with Crippen LogP contribution in [0, 0.1) is 65.1 Å². The summed E-state index contributed by atoms with van der Waals surface area (Å²) in [5.74, 6) is 8.00. The summed E-state index contributed by atoms with van der Waals surface area (Å²) in [5.41, 5.74) is 0. The summed E-state index contributed by atoms with van der Waals surface area (Å²) in [6.07, 6.45) is 8.55. The number of ether oxygens (including phenoxy) is 3. The first kappa shape index (κ1) is 74.1. The van der Waals surface area contributed by atoms with Crippen LogP contribution in [0.2, 0.25) is 0 Å². The minimum atomic E-state index is -4.50. The number of carbonyl (C=O) groups excluding carboxylic acids is 1. The molecule has 1 saturated heterocycles. The summed E-state index contributed by atoms with van der Waals surface area (Å²) < 4.78 is 48.2. The first-order chi connectivity index (χ1) is 27.6. The van der Waals surface area contributed by atoms with Gasteiger partial charge in [0.2, 0.25) is 0 Å². The number of hydrogen-bond donors (Lipinski definition) is 1. The number of Topliss-reactive ketones (excluding diaryl/α,β-unsaturated/α-hetero) is 1. The van der Waals surface area contributed by atoms with Crippen LogP contribution < -0.4 is 0 Å². The molecule has 0 spiro atoms. The monoisotopic (exact) mass is 885 g/mol. The average molecular weight is 885 g/mol. The highest BCUT2D eigenvalue weighted by atomic mass is 19.4.